The second kappa shape index (κ2) is 8.89. The van der Waals surface area contributed by atoms with E-state index in [1.807, 2.05) is 24.3 Å². The first kappa shape index (κ1) is 18.5. The van der Waals surface area contributed by atoms with Gasteiger partial charge in [-0.05, 0) is 51.0 Å². The van der Waals surface area contributed by atoms with Gasteiger partial charge in [-0.2, -0.15) is 0 Å². The van der Waals surface area contributed by atoms with E-state index in [0.717, 1.165) is 5.56 Å². The first-order valence-corrected chi connectivity index (χ1v) is 8.51. The Kier molecular flexibility index (Phi) is 6.59. The summed E-state index contributed by atoms with van der Waals surface area (Å²) >= 11 is 0. The molecule has 2 rings (SSSR count). The van der Waals surface area contributed by atoms with Crippen molar-refractivity contribution in [1.29, 1.82) is 0 Å². The predicted octanol–water partition coefficient (Wildman–Crippen LogP) is 6.64. The molecule has 0 heterocycles. The molecular formula is C24H26O. The summed E-state index contributed by atoms with van der Waals surface area (Å²) in [6.45, 7) is 8.32. The van der Waals surface area contributed by atoms with Crippen molar-refractivity contribution < 1.29 is 5.11 Å². The van der Waals surface area contributed by atoms with Crippen LogP contribution in [0.3, 0.4) is 0 Å². The number of hydrogen-bond donors (Lipinski definition) is 1. The van der Waals surface area contributed by atoms with E-state index in [-0.39, 0.29) is 5.76 Å². The zero-order chi connectivity index (χ0) is 18.2. The van der Waals surface area contributed by atoms with Gasteiger partial charge in [-0.25, -0.2) is 0 Å². The number of aliphatic hydroxyl groups excluding tert-OH is 1. The lowest BCUT2D eigenvalue weighted by Crippen LogP contribution is -1.82. The summed E-state index contributed by atoms with van der Waals surface area (Å²) in [6.07, 6.45) is 13.2. The lowest BCUT2D eigenvalue weighted by molar-refractivity contribution is 0.437. The Morgan fingerprint density at radius 2 is 1.12 bits per heavy atom. The van der Waals surface area contributed by atoms with Crippen molar-refractivity contribution in [3.63, 3.8) is 0 Å². The number of aliphatic hydroxyl groups is 1. The maximum Gasteiger partial charge on any atom is 0.116 e. The van der Waals surface area contributed by atoms with E-state index in [1.54, 1.807) is 12.2 Å². The SMILES string of the molecule is Cc1cc(C)cc(C=CC=CC=CC(O)=Cc2cc(C)cc(C)c2)c1. The van der Waals surface area contributed by atoms with E-state index in [4.69, 9.17) is 0 Å². The molecule has 0 aromatic heterocycles. The van der Waals surface area contributed by atoms with Crippen molar-refractivity contribution in [1.82, 2.24) is 0 Å². The number of benzene rings is 2. The number of allylic oxidation sites excluding steroid dienone is 5. The van der Waals surface area contributed by atoms with Crippen molar-refractivity contribution in [3.05, 3.63) is 106 Å². The topological polar surface area (TPSA) is 20.2 Å². The van der Waals surface area contributed by atoms with Crippen molar-refractivity contribution in [2.45, 2.75) is 27.7 Å². The second-order valence-electron chi connectivity index (χ2n) is 6.51. The van der Waals surface area contributed by atoms with Gasteiger partial charge in [-0.15, -0.1) is 0 Å². The Labute approximate surface area is 151 Å². The molecule has 0 spiro atoms. The molecule has 2 aromatic rings. The molecule has 0 unspecified atom stereocenters. The Morgan fingerprint density at radius 1 is 0.640 bits per heavy atom. The summed E-state index contributed by atoms with van der Waals surface area (Å²) in [7, 11) is 0. The highest BCUT2D eigenvalue weighted by Crippen LogP contribution is 2.12. The van der Waals surface area contributed by atoms with Crippen molar-refractivity contribution in [2.24, 2.45) is 0 Å². The van der Waals surface area contributed by atoms with E-state index < -0.39 is 0 Å². The Hall–Kier alpha value is -2.80. The van der Waals surface area contributed by atoms with Crippen LogP contribution in [0.2, 0.25) is 0 Å². The normalized spacial score (nSPS) is 12.7. The molecule has 0 aliphatic heterocycles. The minimum absolute atomic E-state index is 0.243. The van der Waals surface area contributed by atoms with Gasteiger partial charge in [0.1, 0.15) is 5.76 Å². The minimum atomic E-state index is 0.243. The Bertz CT molecular complexity index is 808. The average Bonchev–Trinajstić information content (AvgIpc) is 2.48. The minimum Gasteiger partial charge on any atom is -0.508 e. The first-order valence-electron chi connectivity index (χ1n) is 8.51. The maximum absolute atomic E-state index is 10.0. The van der Waals surface area contributed by atoms with Gasteiger partial charge >= 0.3 is 0 Å². The summed E-state index contributed by atoms with van der Waals surface area (Å²) in [5, 5.41) is 10.0. The zero-order valence-corrected chi connectivity index (χ0v) is 15.5. The van der Waals surface area contributed by atoms with Crippen LogP contribution in [0.15, 0.2) is 72.5 Å². The highest BCUT2D eigenvalue weighted by molar-refractivity contribution is 5.56. The molecule has 0 atom stereocenters. The van der Waals surface area contributed by atoms with Gasteiger partial charge in [0.05, 0.1) is 0 Å². The lowest BCUT2D eigenvalue weighted by atomic mass is 10.1. The summed E-state index contributed by atoms with van der Waals surface area (Å²) in [4.78, 5) is 0. The standard InChI is InChI=1S/C24H26O/c1-18-11-19(2)14-22(13-18)9-7-5-6-8-10-24(25)17-23-15-20(3)12-21(4)16-23/h5-17,25H,1-4H3. The monoisotopic (exact) mass is 330 g/mol. The molecule has 0 saturated carbocycles. The molecule has 0 aliphatic rings. The van der Waals surface area contributed by atoms with Crippen LogP contribution >= 0.6 is 0 Å². The molecule has 0 aliphatic carbocycles. The Morgan fingerprint density at radius 3 is 1.68 bits per heavy atom. The molecule has 0 radical (unpaired) electrons. The molecule has 1 N–H and O–H groups in total. The van der Waals surface area contributed by atoms with Crippen molar-refractivity contribution in [3.8, 4) is 0 Å². The molecule has 25 heavy (non-hydrogen) atoms. The predicted molar refractivity (Wildman–Crippen MR) is 110 cm³/mol. The summed E-state index contributed by atoms with van der Waals surface area (Å²) in [5.74, 6) is 0.243. The smallest absolute Gasteiger partial charge is 0.116 e. The van der Waals surface area contributed by atoms with Gasteiger partial charge in [-0.3, -0.25) is 0 Å². The Balaban J connectivity index is 1.96. The van der Waals surface area contributed by atoms with E-state index in [2.05, 4.69) is 70.2 Å². The fourth-order valence-electron chi connectivity index (χ4n) is 2.87. The number of rotatable bonds is 5. The van der Waals surface area contributed by atoms with Crippen LogP contribution in [-0.2, 0) is 0 Å². The molecule has 2 aromatic carbocycles. The number of aryl methyl sites for hydroxylation is 4. The summed E-state index contributed by atoms with van der Waals surface area (Å²) in [6, 6.07) is 12.7. The maximum atomic E-state index is 10.0. The number of hydrogen-bond acceptors (Lipinski definition) is 1. The van der Waals surface area contributed by atoms with Crippen LogP contribution in [0, 0.1) is 27.7 Å². The van der Waals surface area contributed by atoms with E-state index in [0.29, 0.717) is 0 Å². The van der Waals surface area contributed by atoms with Crippen LogP contribution in [0.1, 0.15) is 33.4 Å². The largest absolute Gasteiger partial charge is 0.508 e. The highest BCUT2D eigenvalue weighted by Gasteiger charge is 1.94. The molecule has 0 saturated heterocycles. The van der Waals surface area contributed by atoms with Gasteiger partial charge in [0.15, 0.2) is 0 Å². The molecule has 0 fully saturated rings. The van der Waals surface area contributed by atoms with Crippen LogP contribution in [0.5, 0.6) is 0 Å². The molecule has 1 nitrogen and oxygen atoms in total. The van der Waals surface area contributed by atoms with Gasteiger partial charge < -0.3 is 5.11 Å². The van der Waals surface area contributed by atoms with Crippen LogP contribution in [-0.4, -0.2) is 5.11 Å². The summed E-state index contributed by atoms with van der Waals surface area (Å²) in [5.41, 5.74) is 7.14. The molecule has 0 bridgehead atoms. The van der Waals surface area contributed by atoms with Gasteiger partial charge in [0, 0.05) is 0 Å². The van der Waals surface area contributed by atoms with Gasteiger partial charge in [0.25, 0.3) is 0 Å². The zero-order valence-electron chi connectivity index (χ0n) is 15.5. The van der Waals surface area contributed by atoms with E-state index >= 15 is 0 Å². The van der Waals surface area contributed by atoms with E-state index in [9.17, 15) is 5.11 Å². The molecule has 128 valence electrons. The van der Waals surface area contributed by atoms with Crippen LogP contribution in [0.25, 0.3) is 12.2 Å². The average molecular weight is 330 g/mol. The quantitative estimate of drug-likeness (QED) is 0.481. The van der Waals surface area contributed by atoms with Crippen molar-refractivity contribution >= 4 is 12.2 Å². The highest BCUT2D eigenvalue weighted by atomic mass is 16.3. The first-order chi connectivity index (χ1) is 11.9. The lowest BCUT2D eigenvalue weighted by Gasteiger charge is -2.00. The van der Waals surface area contributed by atoms with Crippen molar-refractivity contribution in [2.75, 3.05) is 0 Å². The van der Waals surface area contributed by atoms with Crippen LogP contribution < -0.4 is 0 Å². The fourth-order valence-corrected chi connectivity index (χ4v) is 2.87. The third kappa shape index (κ3) is 6.68. The van der Waals surface area contributed by atoms with Gasteiger partial charge in [-0.1, -0.05) is 89.0 Å². The van der Waals surface area contributed by atoms with Crippen LogP contribution in [0.4, 0.5) is 0 Å². The third-order valence-corrected chi connectivity index (χ3v) is 3.69. The third-order valence-electron chi connectivity index (χ3n) is 3.69. The molecular weight excluding hydrogens is 304 g/mol. The summed E-state index contributed by atoms with van der Waals surface area (Å²) < 4.78 is 0. The van der Waals surface area contributed by atoms with Gasteiger partial charge in [0.2, 0.25) is 0 Å². The second-order valence-corrected chi connectivity index (χ2v) is 6.51. The molecule has 1 heteroatoms. The fraction of sp³-hybridized carbons (Fsp3) is 0.167. The molecule has 0 amide bonds. The van der Waals surface area contributed by atoms with E-state index in [1.165, 1.54) is 27.8 Å².